The molecule has 1 atom stereocenters. The van der Waals surface area contributed by atoms with Gasteiger partial charge in [0.1, 0.15) is 6.04 Å². The summed E-state index contributed by atoms with van der Waals surface area (Å²) >= 11 is 5.71. The van der Waals surface area contributed by atoms with Crippen molar-refractivity contribution in [1.82, 2.24) is 10.2 Å². The minimum atomic E-state index is -3.69. The monoisotopic (exact) mass is 463 g/mol. The highest BCUT2D eigenvalue weighted by Crippen LogP contribution is 2.32. The van der Waals surface area contributed by atoms with Crippen molar-refractivity contribution < 1.29 is 32.1 Å². The standard InChI is InChI=1S/C23H19ClF2N2O4/c24-16-5-3-15(4-6-16)23(25,26)19(29)9-2-13-1-7-17-14(11-13)12-28(22(17)32)18-8-10-20(30)27-21(18)31/h1,3-7,11,18H,2,8-10,12H2,(H,27,30,31)/i8D2/hD. The summed E-state index contributed by atoms with van der Waals surface area (Å²) in [5.74, 6) is -7.74. The number of hydrogen-bond donors (Lipinski definition) is 1. The van der Waals surface area contributed by atoms with Crippen molar-refractivity contribution in [2.24, 2.45) is 0 Å². The van der Waals surface area contributed by atoms with Gasteiger partial charge in [0.2, 0.25) is 17.6 Å². The number of hydrogen-bond acceptors (Lipinski definition) is 4. The lowest BCUT2D eigenvalue weighted by Gasteiger charge is -2.29. The number of alkyl halides is 2. The van der Waals surface area contributed by atoms with E-state index in [0.29, 0.717) is 11.1 Å². The van der Waals surface area contributed by atoms with Gasteiger partial charge in [0.25, 0.3) is 5.91 Å². The molecule has 3 amide bonds. The number of fused-ring (bicyclic) bond motifs is 1. The topological polar surface area (TPSA) is 83.6 Å². The molecule has 2 aromatic carbocycles. The first kappa shape index (κ1) is 18.4. The van der Waals surface area contributed by atoms with Crippen LogP contribution in [0, 0.1) is 0 Å². The van der Waals surface area contributed by atoms with Crippen molar-refractivity contribution in [3.63, 3.8) is 0 Å². The Hall–Kier alpha value is -3.13. The first-order valence-electron chi connectivity index (χ1n) is 11.2. The summed E-state index contributed by atoms with van der Waals surface area (Å²) in [7, 11) is 0. The fourth-order valence-corrected chi connectivity index (χ4v) is 3.86. The van der Waals surface area contributed by atoms with E-state index in [9.17, 15) is 28.0 Å². The highest BCUT2D eigenvalue weighted by atomic mass is 35.5. The van der Waals surface area contributed by atoms with E-state index in [-0.39, 0.29) is 28.9 Å². The molecule has 1 saturated heterocycles. The Balaban J connectivity index is 1.48. The zero-order valence-corrected chi connectivity index (χ0v) is 17.4. The van der Waals surface area contributed by atoms with E-state index in [1.165, 1.54) is 24.3 Å². The molecule has 0 radical (unpaired) electrons. The van der Waals surface area contributed by atoms with E-state index < -0.39 is 60.2 Å². The van der Waals surface area contributed by atoms with Crippen molar-refractivity contribution in [1.29, 1.82) is 0 Å². The molecule has 1 N–H and O–H groups in total. The maximum absolute atomic E-state index is 14.5. The largest absolute Gasteiger partial charge is 0.330 e. The molecule has 2 aliphatic rings. The van der Waals surface area contributed by atoms with Gasteiger partial charge in [-0.3, -0.25) is 24.5 Å². The van der Waals surface area contributed by atoms with Crippen LogP contribution in [0.3, 0.4) is 0 Å². The van der Waals surface area contributed by atoms with E-state index >= 15 is 0 Å². The summed E-state index contributed by atoms with van der Waals surface area (Å²) in [5, 5.41) is 0.337. The highest BCUT2D eigenvalue weighted by Gasteiger charge is 2.41. The average molecular weight is 464 g/mol. The van der Waals surface area contributed by atoms with Crippen molar-refractivity contribution in [2.45, 2.75) is 44.1 Å². The van der Waals surface area contributed by atoms with Gasteiger partial charge in [-0.1, -0.05) is 35.9 Å². The lowest BCUT2D eigenvalue weighted by Crippen LogP contribution is -2.52. The summed E-state index contributed by atoms with van der Waals surface area (Å²) in [5.41, 5.74) is 0.675. The van der Waals surface area contributed by atoms with Crippen LogP contribution < -0.4 is 5.31 Å². The Bertz CT molecular complexity index is 1240. The van der Waals surface area contributed by atoms with Crippen LogP contribution >= 0.6 is 11.6 Å². The molecule has 0 bridgehead atoms. The van der Waals surface area contributed by atoms with Gasteiger partial charge in [-0.15, -0.1) is 0 Å². The zero-order chi connectivity index (χ0) is 25.7. The van der Waals surface area contributed by atoms with Crippen LogP contribution in [0.25, 0.3) is 0 Å². The van der Waals surface area contributed by atoms with E-state index in [1.54, 1.807) is 6.07 Å². The molecule has 2 heterocycles. The number of Topliss-reactive ketones (excluding diaryl/α,β-unsaturated/α-hetero) is 1. The number of benzene rings is 2. The second kappa shape index (κ2) is 8.43. The number of aryl methyl sites for hydroxylation is 1. The first-order chi connectivity index (χ1) is 16.3. The number of piperidine rings is 1. The number of carbonyl (C=O) groups excluding carboxylic acids is 4. The van der Waals surface area contributed by atoms with Gasteiger partial charge in [0, 0.05) is 38.3 Å². The van der Waals surface area contributed by atoms with Gasteiger partial charge < -0.3 is 4.90 Å². The van der Waals surface area contributed by atoms with Crippen LogP contribution in [0.2, 0.25) is 6.43 Å². The number of ketones is 1. The van der Waals surface area contributed by atoms with Gasteiger partial charge >= 0.3 is 5.92 Å². The summed E-state index contributed by atoms with van der Waals surface area (Å²) in [4.78, 5) is 50.3. The molecule has 2 aromatic rings. The minimum absolute atomic E-state index is 0.0261. The predicted molar refractivity (Wildman–Crippen MR) is 111 cm³/mol. The number of carbonyl (C=O) groups is 4. The molecule has 0 aromatic heterocycles. The fraction of sp³-hybridized carbons (Fsp3) is 0.304. The van der Waals surface area contributed by atoms with Gasteiger partial charge in [-0.2, -0.15) is 8.78 Å². The molecule has 0 saturated carbocycles. The maximum atomic E-state index is 14.5. The highest BCUT2D eigenvalue weighted by molar-refractivity contribution is 6.30. The predicted octanol–water partition coefficient (Wildman–Crippen LogP) is 3.39. The van der Waals surface area contributed by atoms with Crippen LogP contribution in [-0.4, -0.2) is 34.4 Å². The Morgan fingerprint density at radius 2 is 1.94 bits per heavy atom. The van der Waals surface area contributed by atoms with Crippen LogP contribution in [-0.2, 0) is 33.3 Å². The summed E-state index contributed by atoms with van der Waals surface area (Å²) in [6.07, 6.45) is -3.57. The molecule has 166 valence electrons. The van der Waals surface area contributed by atoms with E-state index in [0.717, 1.165) is 17.0 Å². The third-order valence-corrected chi connectivity index (χ3v) is 5.68. The SMILES string of the molecule is [2H]N1C(=O)CC([2H])([2H])C(N2Cc3cc(CCC(=O)C(F)(F)c4ccc(Cl)cc4)ccc3C2=O)C1=O. The third kappa shape index (κ3) is 4.14. The lowest BCUT2D eigenvalue weighted by atomic mass is 9.97. The molecule has 32 heavy (non-hydrogen) atoms. The van der Waals surface area contributed by atoms with Crippen molar-refractivity contribution in [2.75, 3.05) is 0 Å². The number of amides is 3. The van der Waals surface area contributed by atoms with E-state index in [4.69, 9.17) is 15.8 Å². The molecule has 1 fully saturated rings. The quantitative estimate of drug-likeness (QED) is 0.665. The molecule has 4 rings (SSSR count). The normalized spacial score (nSPS) is 21.8. The van der Waals surface area contributed by atoms with Gasteiger partial charge in [0.05, 0.1) is 0 Å². The molecular weight excluding hydrogens is 442 g/mol. The Kier molecular flexibility index (Phi) is 4.86. The number of rotatable bonds is 6. The molecule has 6 nitrogen and oxygen atoms in total. The summed E-state index contributed by atoms with van der Waals surface area (Å²) in [6, 6.07) is 7.56. The minimum Gasteiger partial charge on any atom is -0.322 e. The van der Waals surface area contributed by atoms with Gasteiger partial charge in [-0.05, 0) is 42.1 Å². The van der Waals surface area contributed by atoms with Gasteiger partial charge in [-0.25, -0.2) is 0 Å². The lowest BCUT2D eigenvalue weighted by molar-refractivity contribution is -0.144. The second-order valence-corrected chi connectivity index (χ2v) is 7.99. The van der Waals surface area contributed by atoms with Crippen LogP contribution in [0.5, 0.6) is 0 Å². The molecule has 2 aliphatic heterocycles. The number of imide groups is 1. The Morgan fingerprint density at radius 1 is 1.22 bits per heavy atom. The average Bonchev–Trinajstić information content (AvgIpc) is 3.11. The van der Waals surface area contributed by atoms with Crippen molar-refractivity contribution >= 4 is 35.1 Å². The summed E-state index contributed by atoms with van der Waals surface area (Å²) in [6.45, 7) is -0.158. The fourth-order valence-electron chi connectivity index (χ4n) is 3.73. The zero-order valence-electron chi connectivity index (χ0n) is 19.6. The second-order valence-electron chi connectivity index (χ2n) is 7.56. The van der Waals surface area contributed by atoms with E-state index in [1.807, 2.05) is 0 Å². The van der Waals surface area contributed by atoms with Crippen LogP contribution in [0.4, 0.5) is 8.78 Å². The Morgan fingerprint density at radius 3 is 2.66 bits per heavy atom. The molecule has 1 unspecified atom stereocenters. The smallest absolute Gasteiger partial charge is 0.322 e. The van der Waals surface area contributed by atoms with E-state index in [2.05, 4.69) is 0 Å². The molecule has 9 heteroatoms. The molecular formula is C23H19ClF2N2O4. The van der Waals surface area contributed by atoms with Crippen molar-refractivity contribution in [3.05, 3.63) is 69.7 Å². The van der Waals surface area contributed by atoms with Gasteiger partial charge in [0.15, 0.2) is 1.41 Å². The number of halogens is 3. The maximum Gasteiger partial charge on any atom is 0.330 e. The Labute approximate surface area is 191 Å². The first-order valence-corrected chi connectivity index (χ1v) is 10.2. The molecule has 0 aliphatic carbocycles. The number of nitrogens with zero attached hydrogens (tertiary/aromatic N) is 1. The van der Waals surface area contributed by atoms with Crippen LogP contribution in [0.1, 0.15) is 49.0 Å². The van der Waals surface area contributed by atoms with Crippen molar-refractivity contribution in [3.8, 4) is 0 Å². The summed E-state index contributed by atoms with van der Waals surface area (Å²) < 4.78 is 52.8. The molecule has 0 spiro atoms. The van der Waals surface area contributed by atoms with Crippen LogP contribution in [0.15, 0.2) is 42.5 Å². The third-order valence-electron chi connectivity index (χ3n) is 5.43. The number of nitrogens with one attached hydrogen (secondary N) is 1.